The Morgan fingerprint density at radius 3 is 2.80 bits per heavy atom. The van der Waals surface area contributed by atoms with Crippen LogP contribution in [0.1, 0.15) is 17.3 Å². The zero-order valence-electron chi connectivity index (χ0n) is 8.43. The Kier molecular flexibility index (Phi) is 2.67. The van der Waals surface area contributed by atoms with E-state index >= 15 is 0 Å². The fourth-order valence-corrected chi connectivity index (χ4v) is 1.30. The molecule has 4 nitrogen and oxygen atoms in total. The average molecular weight is 204 g/mol. The van der Waals surface area contributed by atoms with Gasteiger partial charge in [0.05, 0.1) is 6.54 Å². The van der Waals surface area contributed by atoms with Gasteiger partial charge in [-0.05, 0) is 19.1 Å². The van der Waals surface area contributed by atoms with Crippen molar-refractivity contribution in [3.05, 3.63) is 35.9 Å². The highest BCUT2D eigenvalue weighted by molar-refractivity contribution is 6.04. The van der Waals surface area contributed by atoms with E-state index in [2.05, 4.69) is 10.3 Å². The second-order valence-corrected chi connectivity index (χ2v) is 3.39. The van der Waals surface area contributed by atoms with E-state index in [4.69, 9.17) is 4.74 Å². The van der Waals surface area contributed by atoms with E-state index in [1.807, 2.05) is 25.1 Å². The number of amides is 1. The van der Waals surface area contributed by atoms with Gasteiger partial charge in [-0.15, -0.1) is 0 Å². The van der Waals surface area contributed by atoms with Gasteiger partial charge in [-0.1, -0.05) is 18.2 Å². The Bertz CT molecular complexity index is 387. The summed E-state index contributed by atoms with van der Waals surface area (Å²) in [5.41, 5.74) is 0.600. The molecule has 1 aromatic carbocycles. The first kappa shape index (κ1) is 9.71. The van der Waals surface area contributed by atoms with Crippen molar-refractivity contribution in [1.29, 1.82) is 0 Å². The van der Waals surface area contributed by atoms with Gasteiger partial charge in [-0.25, -0.2) is 4.99 Å². The molecule has 0 aliphatic carbocycles. The number of carbonyl (C=O) groups excluding carboxylic acids is 1. The molecular weight excluding hydrogens is 192 g/mol. The third-order valence-corrected chi connectivity index (χ3v) is 2.06. The van der Waals surface area contributed by atoms with Crippen molar-refractivity contribution in [2.45, 2.75) is 13.0 Å². The van der Waals surface area contributed by atoms with Crippen molar-refractivity contribution in [1.82, 2.24) is 5.32 Å². The molecule has 0 aromatic heterocycles. The van der Waals surface area contributed by atoms with E-state index in [1.165, 1.54) is 0 Å². The predicted molar refractivity (Wildman–Crippen MR) is 56.8 cm³/mol. The van der Waals surface area contributed by atoms with Crippen molar-refractivity contribution < 1.29 is 9.53 Å². The summed E-state index contributed by atoms with van der Waals surface area (Å²) in [7, 11) is 0. The molecule has 15 heavy (non-hydrogen) atoms. The summed E-state index contributed by atoms with van der Waals surface area (Å²) in [5, 5.41) is 2.61. The number of ether oxygens (including phenoxy) is 1. The first-order valence-electron chi connectivity index (χ1n) is 4.83. The van der Waals surface area contributed by atoms with Crippen molar-refractivity contribution in [3.63, 3.8) is 0 Å². The minimum Gasteiger partial charge on any atom is -0.460 e. The van der Waals surface area contributed by atoms with E-state index < -0.39 is 0 Å². The van der Waals surface area contributed by atoms with Crippen LogP contribution in [-0.2, 0) is 4.74 Å². The molecule has 78 valence electrons. The summed E-state index contributed by atoms with van der Waals surface area (Å²) < 4.78 is 5.27. The number of aliphatic imine (C=N–C) groups is 1. The molecule has 1 aliphatic heterocycles. The molecule has 0 unspecified atom stereocenters. The molecule has 0 radical (unpaired) electrons. The van der Waals surface area contributed by atoms with Crippen molar-refractivity contribution in [2.75, 3.05) is 6.54 Å². The van der Waals surface area contributed by atoms with E-state index in [0.717, 1.165) is 0 Å². The lowest BCUT2D eigenvalue weighted by atomic mass is 10.2. The summed E-state index contributed by atoms with van der Waals surface area (Å²) in [6, 6.07) is 9.30. The quantitative estimate of drug-likeness (QED) is 0.747. The maximum atomic E-state index is 11.6. The van der Waals surface area contributed by atoms with Gasteiger partial charge in [-0.3, -0.25) is 10.1 Å². The van der Waals surface area contributed by atoms with E-state index in [0.29, 0.717) is 18.1 Å². The number of nitrogens with one attached hydrogen (secondary N) is 1. The fourth-order valence-electron chi connectivity index (χ4n) is 1.30. The van der Waals surface area contributed by atoms with E-state index in [-0.39, 0.29) is 12.0 Å². The van der Waals surface area contributed by atoms with Gasteiger partial charge < -0.3 is 4.74 Å². The summed E-state index contributed by atoms with van der Waals surface area (Å²) in [6.45, 7) is 2.51. The lowest BCUT2D eigenvalue weighted by Gasteiger charge is -2.06. The van der Waals surface area contributed by atoms with E-state index in [9.17, 15) is 4.79 Å². The molecule has 0 bridgehead atoms. The minimum absolute atomic E-state index is 0.0519. The predicted octanol–water partition coefficient (Wildman–Crippen LogP) is 1.19. The number of amidine groups is 1. The molecule has 0 spiro atoms. The Balaban J connectivity index is 1.99. The van der Waals surface area contributed by atoms with Crippen LogP contribution in [0.2, 0.25) is 0 Å². The van der Waals surface area contributed by atoms with Crippen molar-refractivity contribution in [2.24, 2.45) is 4.99 Å². The van der Waals surface area contributed by atoms with Crippen molar-refractivity contribution in [3.8, 4) is 0 Å². The molecule has 0 fully saturated rings. The fraction of sp³-hybridized carbons (Fsp3) is 0.273. The number of rotatable bonds is 1. The third-order valence-electron chi connectivity index (χ3n) is 2.06. The minimum atomic E-state index is -0.191. The molecule has 0 saturated heterocycles. The highest BCUT2D eigenvalue weighted by atomic mass is 16.5. The molecule has 1 amide bonds. The molecule has 1 aromatic rings. The summed E-state index contributed by atoms with van der Waals surface area (Å²) in [5.74, 6) is -0.191. The lowest BCUT2D eigenvalue weighted by Crippen LogP contribution is -2.31. The van der Waals surface area contributed by atoms with Crippen LogP contribution in [0.25, 0.3) is 0 Å². The van der Waals surface area contributed by atoms with Crippen LogP contribution >= 0.6 is 0 Å². The lowest BCUT2D eigenvalue weighted by molar-refractivity contribution is 0.0964. The standard InChI is InChI=1S/C11H12N2O2/c1-8-7-12-11(15-8)13-10(14)9-5-3-2-4-6-9/h2-6,8H,7H2,1H3,(H,12,13,14)/t8-/m0/s1. The van der Waals surface area contributed by atoms with Gasteiger partial charge in [0.1, 0.15) is 6.10 Å². The third kappa shape index (κ3) is 2.34. The smallest absolute Gasteiger partial charge is 0.292 e. The Labute approximate surface area is 88.0 Å². The summed E-state index contributed by atoms with van der Waals surface area (Å²) in [4.78, 5) is 15.7. The first-order chi connectivity index (χ1) is 7.25. The van der Waals surface area contributed by atoms with Gasteiger partial charge in [0.25, 0.3) is 11.9 Å². The van der Waals surface area contributed by atoms with Crippen molar-refractivity contribution >= 4 is 11.9 Å². The number of hydrogen-bond acceptors (Lipinski definition) is 3. The zero-order valence-corrected chi connectivity index (χ0v) is 8.43. The van der Waals surface area contributed by atoms with Crippen LogP contribution in [-0.4, -0.2) is 24.6 Å². The monoisotopic (exact) mass is 204 g/mol. The molecular formula is C11H12N2O2. The highest BCUT2D eigenvalue weighted by Crippen LogP contribution is 2.03. The highest BCUT2D eigenvalue weighted by Gasteiger charge is 2.17. The maximum absolute atomic E-state index is 11.6. The number of carbonyl (C=O) groups is 1. The molecule has 1 atom stereocenters. The number of benzene rings is 1. The second kappa shape index (κ2) is 4.13. The van der Waals surface area contributed by atoms with Crippen LogP contribution in [0, 0.1) is 0 Å². The van der Waals surface area contributed by atoms with Gasteiger partial charge in [0, 0.05) is 5.56 Å². The van der Waals surface area contributed by atoms with Gasteiger partial charge >= 0.3 is 0 Å². The number of hydrogen-bond donors (Lipinski definition) is 1. The normalized spacial score (nSPS) is 19.3. The molecule has 2 rings (SSSR count). The SMILES string of the molecule is C[C@H]1CN=C(NC(=O)c2ccccc2)O1. The topological polar surface area (TPSA) is 50.7 Å². The van der Waals surface area contributed by atoms with Gasteiger partial charge in [0.15, 0.2) is 0 Å². The van der Waals surface area contributed by atoms with E-state index in [1.54, 1.807) is 12.1 Å². The second-order valence-electron chi connectivity index (χ2n) is 3.39. The number of nitrogens with zero attached hydrogens (tertiary/aromatic N) is 1. The molecule has 4 heteroatoms. The van der Waals surface area contributed by atoms with Crippen LogP contribution < -0.4 is 5.32 Å². The first-order valence-corrected chi connectivity index (χ1v) is 4.83. The maximum Gasteiger partial charge on any atom is 0.292 e. The van der Waals surface area contributed by atoms with Crippen LogP contribution in [0.5, 0.6) is 0 Å². The Morgan fingerprint density at radius 1 is 1.47 bits per heavy atom. The summed E-state index contributed by atoms with van der Waals surface area (Å²) >= 11 is 0. The largest absolute Gasteiger partial charge is 0.460 e. The van der Waals surface area contributed by atoms with Gasteiger partial charge in [0.2, 0.25) is 0 Å². The summed E-state index contributed by atoms with van der Waals surface area (Å²) in [6.07, 6.45) is 0.0519. The van der Waals surface area contributed by atoms with Crippen LogP contribution in [0.15, 0.2) is 35.3 Å². The van der Waals surface area contributed by atoms with Crippen LogP contribution in [0.4, 0.5) is 0 Å². The molecule has 1 heterocycles. The Morgan fingerprint density at radius 2 is 2.20 bits per heavy atom. The van der Waals surface area contributed by atoms with Crippen LogP contribution in [0.3, 0.4) is 0 Å². The zero-order chi connectivity index (χ0) is 10.7. The average Bonchev–Trinajstić information content (AvgIpc) is 2.65. The Hall–Kier alpha value is -1.84. The molecule has 1 N–H and O–H groups in total. The molecule has 0 saturated carbocycles. The van der Waals surface area contributed by atoms with Gasteiger partial charge in [-0.2, -0.15) is 0 Å². The molecule has 1 aliphatic rings.